The van der Waals surface area contributed by atoms with E-state index in [1.165, 1.54) is 32.7 Å². The predicted octanol–water partition coefficient (Wildman–Crippen LogP) is 16.1. The summed E-state index contributed by atoms with van der Waals surface area (Å²) < 4.78 is 38.3. The highest BCUT2D eigenvalue weighted by molar-refractivity contribution is 5.92. The molecule has 0 unspecified atom stereocenters. The molecule has 9 aromatic rings. The molecule has 13 rings (SSSR count). The van der Waals surface area contributed by atoms with Crippen LogP contribution in [-0.2, 0) is 0 Å². The van der Waals surface area contributed by atoms with Gasteiger partial charge in [-0.3, -0.25) is 9.97 Å². The van der Waals surface area contributed by atoms with Crippen molar-refractivity contribution in [1.82, 2.24) is 9.97 Å². The molecule has 4 aliphatic rings. The van der Waals surface area contributed by atoms with E-state index in [9.17, 15) is 0 Å². The number of fused-ring (bicyclic) bond motifs is 4. The maximum Gasteiger partial charge on any atom is 0.132 e. The largest absolute Gasteiger partial charge is 0.457 e. The van der Waals surface area contributed by atoms with Crippen LogP contribution >= 0.6 is 0 Å². The minimum absolute atomic E-state index is 0.168. The zero-order valence-electron chi connectivity index (χ0n) is 48.6. The zero-order chi connectivity index (χ0) is 56.2. The van der Waals surface area contributed by atoms with Crippen molar-refractivity contribution in [3.8, 4) is 23.0 Å². The maximum absolute atomic E-state index is 8.21. The third-order valence-corrected chi connectivity index (χ3v) is 16.7. The number of hydrogen-bond donors (Lipinski definition) is 0. The summed E-state index contributed by atoms with van der Waals surface area (Å²) in [7, 11) is 2.09. The lowest BCUT2D eigenvalue weighted by Crippen LogP contribution is -2.26. The van der Waals surface area contributed by atoms with E-state index >= 15 is 0 Å². The number of aryl methyl sites for hydroxylation is 2. The van der Waals surface area contributed by atoms with Crippen LogP contribution in [0.4, 0.5) is 79.6 Å². The Kier molecular flexibility index (Phi) is 10.9. The van der Waals surface area contributed by atoms with Gasteiger partial charge in [0.25, 0.3) is 0 Å². The topological polar surface area (TPSA) is 70.2 Å². The van der Waals surface area contributed by atoms with E-state index < -0.39 is 6.98 Å². The fourth-order valence-electron chi connectivity index (χ4n) is 11.7. The molecule has 0 N–H and O–H groups in total. The number of rotatable bonds is 10. The highest BCUT2D eigenvalue weighted by Crippen LogP contribution is 2.51. The molecule has 0 radical (unpaired) electrons. The van der Waals surface area contributed by atoms with E-state index in [0.29, 0.717) is 24.8 Å². The van der Waals surface area contributed by atoms with Crippen molar-refractivity contribution in [3.05, 3.63) is 203 Å². The second-order valence-corrected chi connectivity index (χ2v) is 21.2. The van der Waals surface area contributed by atoms with E-state index in [1.807, 2.05) is 53.7 Å². The van der Waals surface area contributed by atoms with Gasteiger partial charge in [-0.1, -0.05) is 24.3 Å². The van der Waals surface area contributed by atoms with Crippen molar-refractivity contribution in [1.29, 1.82) is 0 Å². The number of ether oxygens (including phenoxy) is 2. The van der Waals surface area contributed by atoms with Crippen LogP contribution in [-0.4, -0.2) is 50.7 Å². The van der Waals surface area contributed by atoms with Gasteiger partial charge < -0.3 is 48.7 Å². The van der Waals surface area contributed by atoms with Gasteiger partial charge in [0.05, 0.1) is 71.2 Å². The summed E-state index contributed by atoms with van der Waals surface area (Å²) in [5.74, 6) is 3.03. The third-order valence-electron chi connectivity index (χ3n) is 16.7. The van der Waals surface area contributed by atoms with E-state index in [-0.39, 0.29) is 6.67 Å². The van der Waals surface area contributed by atoms with Crippen molar-refractivity contribution < 1.29 is 13.6 Å². The van der Waals surface area contributed by atoms with Gasteiger partial charge in [0, 0.05) is 88.9 Å². The summed E-state index contributed by atoms with van der Waals surface area (Å²) in [6.45, 7) is 17.3. The zero-order valence-corrected chi connectivity index (χ0v) is 45.6. The molecular weight excluding hydrogens is 965 g/mol. The van der Waals surface area contributed by atoms with E-state index in [0.717, 1.165) is 115 Å². The van der Waals surface area contributed by atoms with Gasteiger partial charge >= 0.3 is 0 Å². The molecule has 0 amide bonds. The number of pyridine rings is 2. The summed E-state index contributed by atoms with van der Waals surface area (Å²) in [4.78, 5) is 26.2. The molecule has 7 aromatic carbocycles. The van der Waals surface area contributed by atoms with Gasteiger partial charge in [-0.25, -0.2) is 0 Å². The van der Waals surface area contributed by atoms with Crippen molar-refractivity contribution in [2.45, 2.75) is 55.4 Å². The summed E-state index contributed by atoms with van der Waals surface area (Å²) in [6, 6.07) is 46.8. The molecule has 0 saturated heterocycles. The average molecular weight is 1030 g/mol. The van der Waals surface area contributed by atoms with Gasteiger partial charge in [0.2, 0.25) is 0 Å². The van der Waals surface area contributed by atoms with Crippen LogP contribution in [0.15, 0.2) is 158 Å². The molecule has 390 valence electrons. The molecule has 0 saturated carbocycles. The van der Waals surface area contributed by atoms with Crippen LogP contribution in [0.3, 0.4) is 0 Å². The first-order valence-electron chi connectivity index (χ1n) is 28.1. The Morgan fingerprint density at radius 2 is 0.782 bits per heavy atom. The molecule has 12 nitrogen and oxygen atoms in total. The number of anilines is 14. The molecular formula is C66H64N10O2. The number of aromatic nitrogens is 2. The Morgan fingerprint density at radius 3 is 1.29 bits per heavy atom. The van der Waals surface area contributed by atoms with Gasteiger partial charge in [0.1, 0.15) is 36.3 Å². The average Bonchev–Trinajstić information content (AvgIpc) is 4.47. The van der Waals surface area contributed by atoms with Gasteiger partial charge in [0.15, 0.2) is 0 Å². The lowest BCUT2D eigenvalue weighted by atomic mass is 10.00. The van der Waals surface area contributed by atoms with Crippen molar-refractivity contribution >= 4 is 79.6 Å². The lowest BCUT2D eigenvalue weighted by molar-refractivity contribution is 0.478. The first-order chi connectivity index (χ1) is 39.0. The van der Waals surface area contributed by atoms with Crippen molar-refractivity contribution in [2.75, 3.05) is 79.9 Å². The molecule has 0 aliphatic carbocycles. The molecule has 12 heteroatoms. The summed E-state index contributed by atoms with van der Waals surface area (Å²) >= 11 is 0. The Balaban J connectivity index is 0.772. The monoisotopic (exact) mass is 1030 g/mol. The second kappa shape index (κ2) is 18.8. The van der Waals surface area contributed by atoms with Gasteiger partial charge in [-0.05, 0) is 185 Å². The Morgan fingerprint density at radius 1 is 0.359 bits per heavy atom. The minimum atomic E-state index is -2.32. The fraction of sp³-hybridized carbons (Fsp3) is 0.212. The quantitative estimate of drug-likeness (QED) is 0.131. The SMILES string of the molecule is [2H]C([2H])([2H])N1CN(c2cccc(Oc3cc(N4CN(c5ccc(N6CN(c7cc(Oc8cccc(N9CN(C)c%10cnccc%109)c8)c(C)c(C)c7C)c7cc(C)c(C)cc76)cc5)c5ccccc54)c(C)c(C)c3C)c2)c2ccncc21. The van der Waals surface area contributed by atoms with E-state index in [4.69, 9.17) is 13.6 Å². The minimum Gasteiger partial charge on any atom is -0.457 e. The molecule has 0 bridgehead atoms. The smallest absolute Gasteiger partial charge is 0.132 e. The Bertz CT molecular complexity index is 3980. The number of nitrogens with zero attached hydrogens (tertiary/aromatic N) is 10. The van der Waals surface area contributed by atoms with E-state index in [1.54, 1.807) is 12.4 Å². The first kappa shape index (κ1) is 45.1. The van der Waals surface area contributed by atoms with Crippen LogP contribution in [0.5, 0.6) is 23.0 Å². The van der Waals surface area contributed by atoms with Crippen molar-refractivity contribution in [2.24, 2.45) is 0 Å². The molecule has 78 heavy (non-hydrogen) atoms. The Labute approximate surface area is 462 Å². The highest BCUT2D eigenvalue weighted by atomic mass is 16.5. The van der Waals surface area contributed by atoms with Crippen LogP contribution in [0.1, 0.15) is 48.6 Å². The number of hydrogen-bond acceptors (Lipinski definition) is 12. The Hall–Kier alpha value is -9.16. The standard InChI is InChI=1S/C66H64N10O2/c1-41-29-61-62(30-42(41)2)76(60-34-66(48(8)44(4)46(60)6)78-54-18-14-16-52(32-54)72-38-70(10)64-36-68-28-26-58(64)72)40-74(61)50-23-21-49(22-24-50)73-39-75(56-20-12-11-19-55(56)73)59-33-65(47(7)43(3)45(59)5)77-53-17-13-15-51(31-53)71-37-69(9)63-35-67-27-25-57(63)71/h11-36H,37-40H2,1-10H3/i9D3. The van der Waals surface area contributed by atoms with Crippen molar-refractivity contribution in [3.63, 3.8) is 0 Å². The van der Waals surface area contributed by atoms with Gasteiger partial charge in [-0.2, -0.15) is 0 Å². The summed E-state index contributed by atoms with van der Waals surface area (Å²) in [6.07, 6.45) is 7.08. The summed E-state index contributed by atoms with van der Waals surface area (Å²) in [5.41, 5.74) is 23.8. The molecule has 4 aliphatic heterocycles. The molecule has 2 aromatic heterocycles. The summed E-state index contributed by atoms with van der Waals surface area (Å²) in [5, 5.41) is 0. The van der Waals surface area contributed by atoms with Crippen LogP contribution in [0, 0.1) is 55.4 Å². The van der Waals surface area contributed by atoms with Gasteiger partial charge in [-0.15, -0.1) is 0 Å². The fourth-order valence-corrected chi connectivity index (χ4v) is 11.7. The maximum atomic E-state index is 8.21. The lowest BCUT2D eigenvalue weighted by Gasteiger charge is -2.27. The number of para-hydroxylation sites is 2. The van der Waals surface area contributed by atoms with Crippen LogP contribution < -0.4 is 48.7 Å². The number of benzene rings is 7. The predicted molar refractivity (Wildman–Crippen MR) is 321 cm³/mol. The third kappa shape index (κ3) is 8.04. The van der Waals surface area contributed by atoms with Crippen LogP contribution in [0.25, 0.3) is 0 Å². The second-order valence-electron chi connectivity index (χ2n) is 21.2. The molecule has 0 atom stereocenters. The molecule has 6 heterocycles. The first-order valence-corrected chi connectivity index (χ1v) is 26.6. The molecule has 0 fully saturated rings. The molecule has 0 spiro atoms. The highest BCUT2D eigenvalue weighted by Gasteiger charge is 2.34. The van der Waals surface area contributed by atoms with E-state index in [2.05, 4.69) is 199 Å². The van der Waals surface area contributed by atoms with Crippen LogP contribution in [0.2, 0.25) is 0 Å². The normalized spacial score (nSPS) is 15.1.